The normalized spacial score (nSPS) is 11.7. The Hall–Kier alpha value is -2.09. The second-order valence-electron chi connectivity index (χ2n) is 4.43. The number of aromatic amines is 1. The molecule has 4 N–H and O–H groups in total. The van der Waals surface area contributed by atoms with Crippen molar-refractivity contribution >= 4 is 32.5 Å². The van der Waals surface area contributed by atoms with Crippen LogP contribution in [0.2, 0.25) is 0 Å². The number of aromatic nitrogens is 2. The molecule has 0 saturated heterocycles. The average Bonchev–Trinajstić information content (AvgIpc) is 2.79. The highest BCUT2D eigenvalue weighted by atomic mass is 32.2. The van der Waals surface area contributed by atoms with Crippen LogP contribution in [0, 0.1) is 0 Å². The molecule has 7 nitrogen and oxygen atoms in total. The van der Waals surface area contributed by atoms with Gasteiger partial charge in [0.05, 0.1) is 11.0 Å². The van der Waals surface area contributed by atoms with E-state index in [0.717, 1.165) is 6.42 Å². The molecule has 0 fully saturated rings. The van der Waals surface area contributed by atoms with Crippen molar-refractivity contribution in [2.45, 2.75) is 18.5 Å². The first-order valence-electron chi connectivity index (χ1n) is 6.17. The maximum Gasteiger partial charge on any atom is 0.235 e. The van der Waals surface area contributed by atoms with E-state index < -0.39 is 21.5 Å². The number of carbonyl (C=O) groups is 1. The van der Waals surface area contributed by atoms with Crippen LogP contribution in [0.3, 0.4) is 0 Å². The fourth-order valence-electron chi connectivity index (χ4n) is 1.71. The molecule has 0 radical (unpaired) electrons. The van der Waals surface area contributed by atoms with Crippen LogP contribution in [0.25, 0.3) is 11.0 Å². The number of nitrogens with one attached hydrogen (secondary N) is 2. The Bertz CT molecular complexity index is 736. The molecule has 20 heavy (non-hydrogen) atoms. The molecule has 1 aromatic carbocycles. The van der Waals surface area contributed by atoms with Gasteiger partial charge in [0.15, 0.2) is 0 Å². The van der Waals surface area contributed by atoms with E-state index in [0.29, 0.717) is 23.3 Å². The molecule has 8 heteroatoms. The van der Waals surface area contributed by atoms with Crippen LogP contribution in [0.4, 0.5) is 5.69 Å². The maximum atomic E-state index is 12.1. The summed E-state index contributed by atoms with van der Waals surface area (Å²) < 4.78 is 24.1. The molecule has 0 spiro atoms. The first-order valence-corrected chi connectivity index (χ1v) is 7.82. The lowest BCUT2D eigenvalue weighted by Crippen LogP contribution is -2.31. The summed E-state index contributed by atoms with van der Waals surface area (Å²) in [5.74, 6) is -1.16. The summed E-state index contributed by atoms with van der Waals surface area (Å²) in [5.41, 5.74) is 7.14. The third-order valence-corrected chi connectivity index (χ3v) is 4.10. The number of rotatable bonds is 5. The minimum absolute atomic E-state index is 0.218. The number of nitrogens with zero attached hydrogens (tertiary/aromatic N) is 1. The van der Waals surface area contributed by atoms with E-state index in [-0.39, 0.29) is 5.16 Å². The van der Waals surface area contributed by atoms with E-state index >= 15 is 0 Å². The van der Waals surface area contributed by atoms with Crippen LogP contribution < -0.4 is 11.1 Å². The molecule has 1 amide bonds. The molecular weight excluding hydrogens is 280 g/mol. The van der Waals surface area contributed by atoms with E-state index in [9.17, 15) is 13.2 Å². The minimum Gasteiger partial charge on any atom is -0.399 e. The van der Waals surface area contributed by atoms with Gasteiger partial charge >= 0.3 is 0 Å². The topological polar surface area (TPSA) is 118 Å². The number of imidazole rings is 1. The lowest BCUT2D eigenvalue weighted by molar-refractivity contribution is -0.118. The Balaban J connectivity index is 2.25. The molecule has 1 aromatic heterocycles. The summed E-state index contributed by atoms with van der Waals surface area (Å²) in [6.07, 6.45) is 0.746. The van der Waals surface area contributed by atoms with Crippen molar-refractivity contribution in [1.29, 1.82) is 0 Å². The third-order valence-electron chi connectivity index (χ3n) is 2.67. The summed E-state index contributed by atoms with van der Waals surface area (Å²) >= 11 is 0. The van der Waals surface area contributed by atoms with E-state index in [4.69, 9.17) is 5.73 Å². The van der Waals surface area contributed by atoms with Crippen LogP contribution in [0.15, 0.2) is 23.4 Å². The summed E-state index contributed by atoms with van der Waals surface area (Å²) in [6, 6.07) is 4.85. The summed E-state index contributed by atoms with van der Waals surface area (Å²) in [7, 11) is -3.78. The van der Waals surface area contributed by atoms with Gasteiger partial charge in [-0.1, -0.05) is 6.92 Å². The van der Waals surface area contributed by atoms with Crippen LogP contribution in [-0.2, 0) is 14.6 Å². The predicted octanol–water partition coefficient (Wildman–Crippen LogP) is 0.445. The molecule has 0 aliphatic heterocycles. The molecule has 0 bridgehead atoms. The van der Waals surface area contributed by atoms with Gasteiger partial charge in [-0.3, -0.25) is 4.79 Å². The van der Waals surface area contributed by atoms with Gasteiger partial charge in [-0.05, 0) is 24.6 Å². The third kappa shape index (κ3) is 3.08. The van der Waals surface area contributed by atoms with Gasteiger partial charge in [0, 0.05) is 12.2 Å². The van der Waals surface area contributed by atoms with Crippen molar-refractivity contribution in [3.05, 3.63) is 18.2 Å². The fraction of sp³-hybridized carbons (Fsp3) is 0.333. The van der Waals surface area contributed by atoms with Crippen LogP contribution in [0.1, 0.15) is 13.3 Å². The molecule has 108 valence electrons. The highest BCUT2D eigenvalue weighted by molar-refractivity contribution is 7.91. The number of nitrogens with two attached hydrogens (primary N) is 1. The van der Waals surface area contributed by atoms with Gasteiger partial charge < -0.3 is 16.0 Å². The Labute approximate surface area is 116 Å². The van der Waals surface area contributed by atoms with Gasteiger partial charge in [-0.25, -0.2) is 13.4 Å². The van der Waals surface area contributed by atoms with Gasteiger partial charge in [-0.2, -0.15) is 0 Å². The molecule has 0 aliphatic carbocycles. The quantitative estimate of drug-likeness (QED) is 0.692. The second kappa shape index (κ2) is 5.49. The van der Waals surface area contributed by atoms with Crippen molar-refractivity contribution in [2.75, 3.05) is 18.0 Å². The maximum absolute atomic E-state index is 12.1. The smallest absolute Gasteiger partial charge is 0.235 e. The number of amides is 1. The molecule has 0 atom stereocenters. The number of carbonyl (C=O) groups excluding carboxylic acids is 1. The average molecular weight is 296 g/mol. The monoisotopic (exact) mass is 296 g/mol. The highest BCUT2D eigenvalue weighted by Gasteiger charge is 2.22. The summed E-state index contributed by atoms with van der Waals surface area (Å²) in [4.78, 5) is 18.2. The second-order valence-corrected chi connectivity index (χ2v) is 6.33. The van der Waals surface area contributed by atoms with Gasteiger partial charge in [0.25, 0.3) is 0 Å². The molecular formula is C12H16N4O3S. The number of sulfone groups is 1. The Kier molecular flexibility index (Phi) is 3.93. The number of nitrogen functional groups attached to an aromatic ring is 1. The summed E-state index contributed by atoms with van der Waals surface area (Å²) in [5, 5.41) is 2.30. The highest BCUT2D eigenvalue weighted by Crippen LogP contribution is 2.17. The first kappa shape index (κ1) is 14.3. The Morgan fingerprint density at radius 3 is 2.90 bits per heavy atom. The van der Waals surface area contributed by atoms with E-state index in [1.54, 1.807) is 18.2 Å². The van der Waals surface area contributed by atoms with Gasteiger partial charge in [-0.15, -0.1) is 0 Å². The Morgan fingerprint density at radius 2 is 2.20 bits per heavy atom. The standard InChI is InChI=1S/C12H16N4O3S/c1-2-5-14-11(17)7-20(18,19)12-15-9-4-3-8(13)6-10(9)16-12/h3-4,6H,2,5,7,13H2,1H3,(H,14,17)(H,15,16). The number of hydrogen-bond donors (Lipinski definition) is 3. The number of benzene rings is 1. The van der Waals surface area contributed by atoms with Crippen molar-refractivity contribution in [2.24, 2.45) is 0 Å². The molecule has 0 aliphatic rings. The molecule has 1 heterocycles. The largest absolute Gasteiger partial charge is 0.399 e. The van der Waals surface area contributed by atoms with Gasteiger partial charge in [0.2, 0.25) is 20.9 Å². The van der Waals surface area contributed by atoms with Crippen molar-refractivity contribution in [3.63, 3.8) is 0 Å². The zero-order valence-corrected chi connectivity index (χ0v) is 11.8. The minimum atomic E-state index is -3.78. The number of hydrogen-bond acceptors (Lipinski definition) is 5. The van der Waals surface area contributed by atoms with Crippen LogP contribution in [-0.4, -0.2) is 36.6 Å². The molecule has 0 saturated carbocycles. The lowest BCUT2D eigenvalue weighted by atomic mass is 10.3. The summed E-state index contributed by atoms with van der Waals surface area (Å²) in [6.45, 7) is 2.34. The van der Waals surface area contributed by atoms with E-state index in [1.807, 2.05) is 6.92 Å². The zero-order valence-electron chi connectivity index (χ0n) is 11.0. The predicted molar refractivity (Wildman–Crippen MR) is 75.9 cm³/mol. The van der Waals surface area contributed by atoms with E-state index in [2.05, 4.69) is 15.3 Å². The molecule has 0 unspecified atom stereocenters. The number of fused-ring (bicyclic) bond motifs is 1. The number of anilines is 1. The van der Waals surface area contributed by atoms with Crippen molar-refractivity contribution in [1.82, 2.24) is 15.3 Å². The van der Waals surface area contributed by atoms with E-state index in [1.165, 1.54) is 0 Å². The Morgan fingerprint density at radius 1 is 1.45 bits per heavy atom. The molecule has 2 aromatic rings. The fourth-order valence-corrected chi connectivity index (χ4v) is 2.79. The van der Waals surface area contributed by atoms with Crippen molar-refractivity contribution in [3.8, 4) is 0 Å². The molecule has 2 rings (SSSR count). The van der Waals surface area contributed by atoms with Gasteiger partial charge in [0.1, 0.15) is 5.75 Å². The van der Waals surface area contributed by atoms with Crippen LogP contribution >= 0.6 is 0 Å². The van der Waals surface area contributed by atoms with Crippen molar-refractivity contribution < 1.29 is 13.2 Å². The SMILES string of the molecule is CCCNC(=O)CS(=O)(=O)c1nc2ccc(N)cc2[nH]1. The first-order chi connectivity index (χ1) is 9.42. The zero-order chi connectivity index (χ0) is 14.8. The van der Waals surface area contributed by atoms with Crippen LogP contribution in [0.5, 0.6) is 0 Å². The number of H-pyrrole nitrogens is 1. The lowest BCUT2D eigenvalue weighted by Gasteiger charge is -2.02.